The van der Waals surface area contributed by atoms with Crippen LogP contribution < -0.4 is 4.83 Å². The van der Waals surface area contributed by atoms with E-state index in [2.05, 4.69) is 23.8 Å². The predicted octanol–water partition coefficient (Wildman–Crippen LogP) is 2.61. The zero-order valence-corrected chi connectivity index (χ0v) is 14.3. The molecule has 0 saturated carbocycles. The second-order valence-corrected chi connectivity index (χ2v) is 7.50. The van der Waals surface area contributed by atoms with Crippen LogP contribution in [0.4, 0.5) is 0 Å². The fourth-order valence-electron chi connectivity index (χ4n) is 2.12. The number of benzene rings is 2. The summed E-state index contributed by atoms with van der Waals surface area (Å²) in [4.78, 5) is 2.24. The fourth-order valence-corrected chi connectivity index (χ4v) is 2.91. The Hall–Kier alpha value is -2.54. The van der Waals surface area contributed by atoms with Crippen LogP contribution in [0.25, 0.3) is 0 Å². The van der Waals surface area contributed by atoms with Crippen molar-refractivity contribution >= 4 is 16.2 Å². The standard InChI is InChI=1S/C17H20N2O4S/c1-12(2)9-13-3-6-15(7-4-13)24(22,23)19-18-11-14-5-8-16(20)17(21)10-14/h3-8,10-12,19-21H,9H2,1-2H3/b18-11-. The lowest BCUT2D eigenvalue weighted by atomic mass is 10.0. The van der Waals surface area contributed by atoms with E-state index in [4.69, 9.17) is 0 Å². The molecule has 0 heterocycles. The molecule has 0 unspecified atom stereocenters. The van der Waals surface area contributed by atoms with E-state index in [1.54, 1.807) is 24.3 Å². The first-order valence-corrected chi connectivity index (χ1v) is 8.92. The average molecular weight is 348 g/mol. The summed E-state index contributed by atoms with van der Waals surface area (Å²) in [6.07, 6.45) is 2.13. The van der Waals surface area contributed by atoms with Crippen molar-refractivity contribution in [3.05, 3.63) is 53.6 Å². The van der Waals surface area contributed by atoms with Crippen molar-refractivity contribution in [2.45, 2.75) is 25.2 Å². The van der Waals surface area contributed by atoms with E-state index in [0.29, 0.717) is 11.5 Å². The molecule has 0 aromatic heterocycles. The van der Waals surface area contributed by atoms with Gasteiger partial charge in [-0.05, 0) is 53.8 Å². The summed E-state index contributed by atoms with van der Waals surface area (Å²) in [5, 5.41) is 22.3. The Balaban J connectivity index is 2.07. The van der Waals surface area contributed by atoms with Crippen LogP contribution in [0.5, 0.6) is 11.5 Å². The first-order chi connectivity index (χ1) is 11.3. The number of hydrazone groups is 1. The molecule has 24 heavy (non-hydrogen) atoms. The number of sulfonamides is 1. The van der Waals surface area contributed by atoms with Gasteiger partial charge in [0.25, 0.3) is 10.0 Å². The summed E-state index contributed by atoms with van der Waals surface area (Å²) in [5.41, 5.74) is 1.52. The highest BCUT2D eigenvalue weighted by molar-refractivity contribution is 7.89. The van der Waals surface area contributed by atoms with Crippen molar-refractivity contribution in [3.63, 3.8) is 0 Å². The third-order valence-electron chi connectivity index (χ3n) is 3.26. The second-order valence-electron chi connectivity index (χ2n) is 5.84. The minimum Gasteiger partial charge on any atom is -0.504 e. The summed E-state index contributed by atoms with van der Waals surface area (Å²) in [6, 6.07) is 10.7. The molecule has 7 heteroatoms. The van der Waals surface area contributed by atoms with Crippen molar-refractivity contribution in [3.8, 4) is 11.5 Å². The molecule has 2 aromatic rings. The number of nitrogens with one attached hydrogen (secondary N) is 1. The number of hydrogen-bond acceptors (Lipinski definition) is 5. The highest BCUT2D eigenvalue weighted by Gasteiger charge is 2.12. The number of phenolic OH excluding ortho intramolecular Hbond substituents is 2. The Morgan fingerprint density at radius 2 is 1.75 bits per heavy atom. The molecule has 0 aliphatic carbocycles. The van der Waals surface area contributed by atoms with Gasteiger partial charge in [0.15, 0.2) is 11.5 Å². The number of hydrogen-bond donors (Lipinski definition) is 3. The Morgan fingerprint density at radius 3 is 2.33 bits per heavy atom. The largest absolute Gasteiger partial charge is 0.504 e. The third kappa shape index (κ3) is 4.73. The molecule has 6 nitrogen and oxygen atoms in total. The predicted molar refractivity (Wildman–Crippen MR) is 92.7 cm³/mol. The summed E-state index contributed by atoms with van der Waals surface area (Å²) in [5.74, 6) is -0.0614. The fraction of sp³-hybridized carbons (Fsp3) is 0.235. The molecule has 0 fully saturated rings. The van der Waals surface area contributed by atoms with Crippen molar-refractivity contribution < 1.29 is 18.6 Å². The normalized spacial score (nSPS) is 12.0. The van der Waals surface area contributed by atoms with E-state index in [0.717, 1.165) is 12.0 Å². The first-order valence-electron chi connectivity index (χ1n) is 7.44. The maximum absolute atomic E-state index is 12.2. The van der Waals surface area contributed by atoms with Crippen LogP contribution in [-0.4, -0.2) is 24.8 Å². The van der Waals surface area contributed by atoms with Gasteiger partial charge in [0, 0.05) is 0 Å². The molecular weight excluding hydrogens is 328 g/mol. The number of rotatable bonds is 6. The van der Waals surface area contributed by atoms with Gasteiger partial charge >= 0.3 is 0 Å². The Morgan fingerprint density at radius 1 is 1.08 bits per heavy atom. The number of phenols is 2. The van der Waals surface area contributed by atoms with Crippen molar-refractivity contribution in [2.24, 2.45) is 11.0 Å². The lowest BCUT2D eigenvalue weighted by Gasteiger charge is -2.07. The molecule has 2 aromatic carbocycles. The number of aromatic hydroxyl groups is 2. The summed E-state index contributed by atoms with van der Waals surface area (Å²) in [6.45, 7) is 4.20. The molecule has 0 amide bonds. The third-order valence-corrected chi connectivity index (χ3v) is 4.50. The van der Waals surface area contributed by atoms with Gasteiger partial charge in [-0.25, -0.2) is 4.83 Å². The van der Waals surface area contributed by atoms with E-state index in [9.17, 15) is 18.6 Å². The van der Waals surface area contributed by atoms with Crippen molar-refractivity contribution in [2.75, 3.05) is 0 Å². The molecule has 0 bridgehead atoms. The van der Waals surface area contributed by atoms with E-state index in [-0.39, 0.29) is 16.4 Å². The maximum Gasteiger partial charge on any atom is 0.276 e. The maximum atomic E-state index is 12.2. The minimum absolute atomic E-state index is 0.126. The lowest BCUT2D eigenvalue weighted by Crippen LogP contribution is -2.18. The Bertz CT molecular complexity index is 828. The van der Waals surface area contributed by atoms with Crippen LogP contribution in [0.3, 0.4) is 0 Å². The molecule has 0 radical (unpaired) electrons. The van der Waals surface area contributed by atoms with Gasteiger partial charge in [-0.3, -0.25) is 0 Å². The van der Waals surface area contributed by atoms with Crippen LogP contribution in [0.15, 0.2) is 52.5 Å². The Labute approximate surface area is 141 Å². The van der Waals surface area contributed by atoms with Crippen LogP contribution in [0, 0.1) is 5.92 Å². The van der Waals surface area contributed by atoms with Crippen molar-refractivity contribution in [1.29, 1.82) is 0 Å². The van der Waals surface area contributed by atoms with Gasteiger partial charge < -0.3 is 10.2 Å². The zero-order valence-electron chi connectivity index (χ0n) is 13.5. The van der Waals surface area contributed by atoms with Crippen LogP contribution in [-0.2, 0) is 16.4 Å². The average Bonchev–Trinajstić information content (AvgIpc) is 2.50. The summed E-state index contributed by atoms with van der Waals surface area (Å²) in [7, 11) is -3.75. The van der Waals surface area contributed by atoms with E-state index in [1.807, 2.05) is 0 Å². The second kappa shape index (κ2) is 7.35. The monoisotopic (exact) mass is 348 g/mol. The molecule has 2 rings (SSSR count). The highest BCUT2D eigenvalue weighted by Crippen LogP contribution is 2.24. The Kier molecular flexibility index (Phi) is 5.46. The molecule has 3 N–H and O–H groups in total. The molecule has 0 aliphatic heterocycles. The lowest BCUT2D eigenvalue weighted by molar-refractivity contribution is 0.403. The highest BCUT2D eigenvalue weighted by atomic mass is 32.2. The summed E-state index contributed by atoms with van der Waals surface area (Å²) < 4.78 is 24.3. The zero-order chi connectivity index (χ0) is 17.7. The molecule has 0 atom stereocenters. The van der Waals surface area contributed by atoms with Gasteiger partial charge in [0.1, 0.15) is 0 Å². The summed E-state index contributed by atoms with van der Waals surface area (Å²) >= 11 is 0. The van der Waals surface area contributed by atoms with Gasteiger partial charge in [0.05, 0.1) is 11.1 Å². The first kappa shape index (κ1) is 17.8. The smallest absolute Gasteiger partial charge is 0.276 e. The molecular formula is C17H20N2O4S. The molecule has 0 saturated heterocycles. The molecule has 0 spiro atoms. The van der Waals surface area contributed by atoms with Crippen LogP contribution >= 0.6 is 0 Å². The van der Waals surface area contributed by atoms with Gasteiger partial charge in [-0.1, -0.05) is 26.0 Å². The van der Waals surface area contributed by atoms with Gasteiger partial charge in [0.2, 0.25) is 0 Å². The minimum atomic E-state index is -3.75. The van der Waals surface area contributed by atoms with E-state index >= 15 is 0 Å². The van der Waals surface area contributed by atoms with Gasteiger partial charge in [-0.2, -0.15) is 13.5 Å². The van der Waals surface area contributed by atoms with Crippen LogP contribution in [0.2, 0.25) is 0 Å². The van der Waals surface area contributed by atoms with Crippen LogP contribution in [0.1, 0.15) is 25.0 Å². The van der Waals surface area contributed by atoms with Gasteiger partial charge in [-0.15, -0.1) is 0 Å². The molecule has 128 valence electrons. The number of nitrogens with zero attached hydrogens (tertiary/aromatic N) is 1. The SMILES string of the molecule is CC(C)Cc1ccc(S(=O)(=O)N/N=C\c2ccc(O)c(O)c2)cc1. The van der Waals surface area contributed by atoms with E-state index < -0.39 is 10.0 Å². The van der Waals surface area contributed by atoms with E-state index in [1.165, 1.54) is 24.4 Å². The quantitative estimate of drug-likeness (QED) is 0.424. The van der Waals surface area contributed by atoms with Crippen molar-refractivity contribution in [1.82, 2.24) is 4.83 Å². The molecule has 0 aliphatic rings. The topological polar surface area (TPSA) is 99.0 Å².